The molecule has 6 heteroatoms. The molecule has 4 nitrogen and oxygen atoms in total. The molecule has 0 aliphatic rings. The molecule has 0 fully saturated rings. The number of thiophene rings is 1. The number of aliphatic hydroxyl groups excluding tert-OH is 1. The summed E-state index contributed by atoms with van der Waals surface area (Å²) in [5, 5.41) is 8.45. The van der Waals surface area contributed by atoms with Gasteiger partial charge in [0.15, 0.2) is 0 Å². The van der Waals surface area contributed by atoms with Gasteiger partial charge in [-0.1, -0.05) is 18.5 Å². The first-order valence-electron chi connectivity index (χ1n) is 4.50. The molecule has 1 heterocycles. The van der Waals surface area contributed by atoms with Crippen LogP contribution in [0.4, 0.5) is 0 Å². The van der Waals surface area contributed by atoms with Gasteiger partial charge < -0.3 is 5.11 Å². The van der Waals surface area contributed by atoms with Gasteiger partial charge in [0.2, 0.25) is 0 Å². The maximum Gasteiger partial charge on any atom is 0.277 e. The van der Waals surface area contributed by atoms with Crippen LogP contribution >= 0.6 is 22.9 Å². The fourth-order valence-corrected chi connectivity index (χ4v) is 2.21. The Bertz CT molecular complexity index is 340. The number of carbonyl (C=O) groups excluding carboxylic acids is 1. The summed E-state index contributed by atoms with van der Waals surface area (Å²) in [6.45, 7) is 1.91. The van der Waals surface area contributed by atoms with Crippen molar-refractivity contribution in [3.63, 3.8) is 0 Å². The highest BCUT2D eigenvalue weighted by Gasteiger charge is 2.13. The Kier molecular flexibility index (Phi) is 5.04. The second-order valence-electron chi connectivity index (χ2n) is 2.76. The lowest BCUT2D eigenvalue weighted by atomic mass is 10.3. The molecule has 1 aromatic rings. The van der Waals surface area contributed by atoms with E-state index < -0.39 is 0 Å². The summed E-state index contributed by atoms with van der Waals surface area (Å²) in [4.78, 5) is 17.2. The van der Waals surface area contributed by atoms with E-state index in [4.69, 9.17) is 21.5 Å². The topological polar surface area (TPSA) is 58.6 Å². The SMILES string of the molecule is CCc1cc(C(=O)NOCCO)c(Cl)s1. The third-order valence-electron chi connectivity index (χ3n) is 1.69. The molecule has 1 rings (SSSR count). The number of nitrogens with one attached hydrogen (secondary N) is 1. The van der Waals surface area contributed by atoms with Crippen molar-refractivity contribution in [2.75, 3.05) is 13.2 Å². The predicted octanol–water partition coefficient (Wildman–Crippen LogP) is 1.62. The van der Waals surface area contributed by atoms with Crippen molar-refractivity contribution >= 4 is 28.8 Å². The molecule has 0 saturated heterocycles. The summed E-state index contributed by atoms with van der Waals surface area (Å²) in [5.74, 6) is -0.385. The highest BCUT2D eigenvalue weighted by atomic mass is 35.5. The number of carbonyl (C=O) groups is 1. The maximum atomic E-state index is 11.5. The Morgan fingerprint density at radius 3 is 3.00 bits per heavy atom. The fraction of sp³-hybridized carbons (Fsp3) is 0.444. The minimum atomic E-state index is -0.385. The molecule has 1 amide bonds. The van der Waals surface area contributed by atoms with Gasteiger partial charge in [-0.25, -0.2) is 5.48 Å². The van der Waals surface area contributed by atoms with E-state index in [0.29, 0.717) is 9.90 Å². The first kappa shape index (κ1) is 12.4. The third-order valence-corrected chi connectivity index (χ3v) is 3.19. The highest BCUT2D eigenvalue weighted by Crippen LogP contribution is 2.27. The summed E-state index contributed by atoms with van der Waals surface area (Å²) < 4.78 is 0.456. The zero-order chi connectivity index (χ0) is 11.3. The molecule has 0 spiro atoms. The van der Waals surface area contributed by atoms with Gasteiger partial charge in [0.25, 0.3) is 5.91 Å². The molecule has 1 aromatic heterocycles. The second kappa shape index (κ2) is 6.07. The summed E-state index contributed by atoms with van der Waals surface area (Å²) in [6.07, 6.45) is 0.842. The van der Waals surface area contributed by atoms with Crippen LogP contribution in [0.15, 0.2) is 6.07 Å². The van der Waals surface area contributed by atoms with E-state index in [-0.39, 0.29) is 19.1 Å². The Hall–Kier alpha value is -0.620. The van der Waals surface area contributed by atoms with Gasteiger partial charge in [0.05, 0.1) is 18.8 Å². The van der Waals surface area contributed by atoms with Gasteiger partial charge in [-0.15, -0.1) is 11.3 Å². The lowest BCUT2D eigenvalue weighted by Gasteiger charge is -2.02. The molecule has 0 radical (unpaired) electrons. The summed E-state index contributed by atoms with van der Waals surface area (Å²) in [6, 6.07) is 1.74. The van der Waals surface area contributed by atoms with Gasteiger partial charge in [-0.2, -0.15) is 0 Å². The van der Waals surface area contributed by atoms with Crippen molar-refractivity contribution in [1.29, 1.82) is 0 Å². The van der Waals surface area contributed by atoms with Crippen molar-refractivity contribution in [2.45, 2.75) is 13.3 Å². The molecule has 84 valence electrons. The van der Waals surface area contributed by atoms with Crippen LogP contribution in [-0.2, 0) is 11.3 Å². The number of aryl methyl sites for hydroxylation is 1. The van der Waals surface area contributed by atoms with Crippen LogP contribution in [0.2, 0.25) is 4.34 Å². The van der Waals surface area contributed by atoms with Crippen molar-refractivity contribution in [1.82, 2.24) is 5.48 Å². The first-order valence-corrected chi connectivity index (χ1v) is 5.69. The van der Waals surface area contributed by atoms with Gasteiger partial charge in [0.1, 0.15) is 4.34 Å². The standard InChI is InChI=1S/C9H12ClNO3S/c1-2-6-5-7(8(10)15-6)9(13)11-14-4-3-12/h5,12H,2-4H2,1H3,(H,11,13). The number of hydrogen-bond acceptors (Lipinski definition) is 4. The Balaban J connectivity index is 2.60. The van der Waals surface area contributed by atoms with Crippen LogP contribution in [0.3, 0.4) is 0 Å². The van der Waals surface area contributed by atoms with Crippen LogP contribution in [0.5, 0.6) is 0 Å². The van der Waals surface area contributed by atoms with Crippen LogP contribution in [0, 0.1) is 0 Å². The predicted molar refractivity (Wildman–Crippen MR) is 59.2 cm³/mol. The number of halogens is 1. The monoisotopic (exact) mass is 249 g/mol. The molecule has 0 aliphatic carbocycles. The second-order valence-corrected chi connectivity index (χ2v) is 4.50. The van der Waals surface area contributed by atoms with Crippen molar-refractivity contribution in [3.8, 4) is 0 Å². The Labute approximate surface area is 96.8 Å². The molecule has 0 aliphatic heterocycles. The molecule has 0 saturated carbocycles. The zero-order valence-corrected chi connectivity index (χ0v) is 9.82. The van der Waals surface area contributed by atoms with E-state index in [1.165, 1.54) is 11.3 Å². The van der Waals surface area contributed by atoms with Crippen molar-refractivity contribution in [3.05, 3.63) is 20.8 Å². The normalized spacial score (nSPS) is 10.3. The minimum absolute atomic E-state index is 0.0636. The average molecular weight is 250 g/mol. The quantitative estimate of drug-likeness (QED) is 0.616. The molecule has 0 aromatic carbocycles. The highest BCUT2D eigenvalue weighted by molar-refractivity contribution is 7.16. The van der Waals surface area contributed by atoms with E-state index in [1.54, 1.807) is 6.07 Å². The molecular weight excluding hydrogens is 238 g/mol. The van der Waals surface area contributed by atoms with Gasteiger partial charge >= 0.3 is 0 Å². The van der Waals surface area contributed by atoms with Crippen molar-refractivity contribution < 1.29 is 14.7 Å². The van der Waals surface area contributed by atoms with Gasteiger partial charge in [0, 0.05) is 4.88 Å². The van der Waals surface area contributed by atoms with Crippen LogP contribution in [-0.4, -0.2) is 24.2 Å². The van der Waals surface area contributed by atoms with E-state index in [0.717, 1.165) is 11.3 Å². The first-order chi connectivity index (χ1) is 7.19. The average Bonchev–Trinajstić information content (AvgIpc) is 2.60. The molecule has 2 N–H and O–H groups in total. The van der Waals surface area contributed by atoms with Crippen molar-refractivity contribution in [2.24, 2.45) is 0 Å². The number of rotatable bonds is 5. The van der Waals surface area contributed by atoms with E-state index in [2.05, 4.69) is 5.48 Å². The zero-order valence-electron chi connectivity index (χ0n) is 8.25. The number of hydrogen-bond donors (Lipinski definition) is 2. The fourth-order valence-electron chi connectivity index (χ4n) is 0.964. The minimum Gasteiger partial charge on any atom is -0.394 e. The van der Waals surface area contributed by atoms with Crippen LogP contribution in [0.1, 0.15) is 22.2 Å². The van der Waals surface area contributed by atoms with Gasteiger partial charge in [-0.3, -0.25) is 9.63 Å². The summed E-state index contributed by atoms with van der Waals surface area (Å²) in [5.41, 5.74) is 2.61. The Morgan fingerprint density at radius 1 is 1.73 bits per heavy atom. The van der Waals surface area contributed by atoms with Crippen LogP contribution in [0.25, 0.3) is 0 Å². The molecular formula is C9H12ClNO3S. The molecule has 0 unspecified atom stereocenters. The molecule has 0 atom stereocenters. The number of aliphatic hydroxyl groups is 1. The molecule has 0 bridgehead atoms. The van der Waals surface area contributed by atoms with E-state index in [9.17, 15) is 4.79 Å². The lowest BCUT2D eigenvalue weighted by molar-refractivity contribution is 0.0168. The third kappa shape index (κ3) is 3.46. The van der Waals surface area contributed by atoms with E-state index >= 15 is 0 Å². The number of hydroxylamine groups is 1. The van der Waals surface area contributed by atoms with Gasteiger partial charge in [-0.05, 0) is 12.5 Å². The smallest absolute Gasteiger partial charge is 0.277 e. The lowest BCUT2D eigenvalue weighted by Crippen LogP contribution is -2.24. The number of amides is 1. The van der Waals surface area contributed by atoms with E-state index in [1.807, 2.05) is 6.92 Å². The maximum absolute atomic E-state index is 11.5. The Morgan fingerprint density at radius 2 is 2.47 bits per heavy atom. The summed E-state index contributed by atoms with van der Waals surface area (Å²) in [7, 11) is 0. The largest absolute Gasteiger partial charge is 0.394 e. The summed E-state index contributed by atoms with van der Waals surface area (Å²) >= 11 is 7.27. The molecule has 15 heavy (non-hydrogen) atoms. The van der Waals surface area contributed by atoms with Crippen LogP contribution < -0.4 is 5.48 Å².